The van der Waals surface area contributed by atoms with Gasteiger partial charge in [0.05, 0.1) is 30.3 Å². The highest BCUT2D eigenvalue weighted by Gasteiger charge is 2.36. The fourth-order valence-electron chi connectivity index (χ4n) is 3.39. The van der Waals surface area contributed by atoms with Gasteiger partial charge in [0.25, 0.3) is 0 Å². The largest absolute Gasteiger partial charge is 0.481 e. The van der Waals surface area contributed by atoms with Crippen LogP contribution in [-0.2, 0) is 16.1 Å². The Hall–Kier alpha value is -3.12. The quantitative estimate of drug-likeness (QED) is 0.602. The van der Waals surface area contributed by atoms with Crippen molar-refractivity contribution < 1.29 is 14.6 Å². The Balaban J connectivity index is 1.43. The van der Waals surface area contributed by atoms with Crippen molar-refractivity contribution in [3.63, 3.8) is 0 Å². The van der Waals surface area contributed by atoms with Gasteiger partial charge in [-0.3, -0.25) is 9.79 Å². The minimum Gasteiger partial charge on any atom is -0.481 e. The fourth-order valence-corrected chi connectivity index (χ4v) is 4.17. The summed E-state index contributed by atoms with van der Waals surface area (Å²) >= 11 is 1.54. The van der Waals surface area contributed by atoms with E-state index in [9.17, 15) is 9.90 Å². The molecule has 0 saturated carbocycles. The smallest absolute Gasteiger partial charge is 0.308 e. The van der Waals surface area contributed by atoms with E-state index in [1.807, 2.05) is 42.5 Å². The van der Waals surface area contributed by atoms with Crippen LogP contribution in [-0.4, -0.2) is 54.1 Å². The van der Waals surface area contributed by atoms with Crippen LogP contribution in [0.1, 0.15) is 21.7 Å². The summed E-state index contributed by atoms with van der Waals surface area (Å²) in [5, 5.41) is 16.0. The number of hydrogen-bond donors (Lipinski definition) is 3. The van der Waals surface area contributed by atoms with E-state index in [1.54, 1.807) is 6.20 Å². The van der Waals surface area contributed by atoms with E-state index < -0.39 is 11.7 Å². The Kier molecular flexibility index (Phi) is 6.67. The lowest BCUT2D eigenvalue weighted by Crippen LogP contribution is -2.56. The van der Waals surface area contributed by atoms with Crippen LogP contribution in [0.5, 0.6) is 0 Å². The lowest BCUT2D eigenvalue weighted by Gasteiger charge is -2.39. The molecule has 31 heavy (non-hydrogen) atoms. The van der Waals surface area contributed by atoms with Crippen LogP contribution in [0, 0.1) is 11.8 Å². The van der Waals surface area contributed by atoms with Gasteiger partial charge in [-0.05, 0) is 24.3 Å². The van der Waals surface area contributed by atoms with Gasteiger partial charge in [-0.15, -0.1) is 11.3 Å². The molecule has 0 bridgehead atoms. The average Bonchev–Trinajstić information content (AvgIpc) is 3.25. The number of thiophene rings is 1. The molecule has 3 heterocycles. The van der Waals surface area contributed by atoms with Gasteiger partial charge >= 0.3 is 5.97 Å². The molecular formula is C23H24N4O3S. The lowest BCUT2D eigenvalue weighted by molar-refractivity contribution is -0.143. The molecule has 1 unspecified atom stereocenters. The molecule has 1 fully saturated rings. The normalized spacial score (nSPS) is 20.4. The first-order valence-corrected chi connectivity index (χ1v) is 10.9. The molecule has 160 valence electrons. The van der Waals surface area contributed by atoms with Gasteiger partial charge in [0.1, 0.15) is 5.82 Å². The standard InChI is InChI=1S/C23H24N4O3S/c28-22(29)14-23(17-25-15-21(26-23)27-12-10-24-11-13-27)30-16-20-9-8-19(31-20)7-6-18-4-2-1-3-5-18/h1-5,8-9,15,17,24,26H,10-14,16H2,(H,28,29). The maximum atomic E-state index is 11.6. The summed E-state index contributed by atoms with van der Waals surface area (Å²) in [7, 11) is 0. The predicted octanol–water partition coefficient (Wildman–Crippen LogP) is 2.21. The third-order valence-electron chi connectivity index (χ3n) is 4.93. The number of aliphatic carboxylic acids is 1. The van der Waals surface area contributed by atoms with Gasteiger partial charge in [0.15, 0.2) is 5.72 Å². The molecule has 1 atom stereocenters. The van der Waals surface area contributed by atoms with Gasteiger partial charge in [-0.2, -0.15) is 0 Å². The van der Waals surface area contributed by atoms with Crippen LogP contribution >= 0.6 is 11.3 Å². The minimum atomic E-state index is -1.19. The van der Waals surface area contributed by atoms with Crippen LogP contribution in [0.15, 0.2) is 59.5 Å². The zero-order chi connectivity index (χ0) is 21.5. The van der Waals surface area contributed by atoms with E-state index in [2.05, 4.69) is 32.4 Å². The molecule has 0 amide bonds. The molecule has 2 aliphatic rings. The van der Waals surface area contributed by atoms with Crippen molar-refractivity contribution in [2.75, 3.05) is 26.2 Å². The van der Waals surface area contributed by atoms with Gasteiger partial charge < -0.3 is 25.4 Å². The number of aliphatic imine (C=N–C) groups is 1. The maximum Gasteiger partial charge on any atom is 0.308 e. The minimum absolute atomic E-state index is 0.230. The predicted molar refractivity (Wildman–Crippen MR) is 121 cm³/mol. The molecule has 1 aromatic heterocycles. The Bertz CT molecular complexity index is 1030. The summed E-state index contributed by atoms with van der Waals surface area (Å²) in [4.78, 5) is 19.9. The summed E-state index contributed by atoms with van der Waals surface area (Å²) in [5.41, 5.74) is -0.232. The van der Waals surface area contributed by atoms with E-state index >= 15 is 0 Å². The molecule has 1 saturated heterocycles. The summed E-state index contributed by atoms with van der Waals surface area (Å²) in [6.07, 6.45) is 3.03. The molecule has 4 rings (SSSR count). The van der Waals surface area contributed by atoms with E-state index in [0.29, 0.717) is 0 Å². The number of carboxylic acid groups (broad SMARTS) is 1. The van der Waals surface area contributed by atoms with Crippen molar-refractivity contribution in [3.05, 3.63) is 69.8 Å². The third-order valence-corrected chi connectivity index (χ3v) is 5.90. The number of carboxylic acids is 1. The zero-order valence-corrected chi connectivity index (χ0v) is 17.8. The van der Waals surface area contributed by atoms with E-state index in [-0.39, 0.29) is 13.0 Å². The topological polar surface area (TPSA) is 86.2 Å². The van der Waals surface area contributed by atoms with Crippen molar-refractivity contribution >= 4 is 23.5 Å². The maximum absolute atomic E-state index is 11.6. The summed E-state index contributed by atoms with van der Waals surface area (Å²) < 4.78 is 6.10. The Morgan fingerprint density at radius 2 is 2.00 bits per heavy atom. The number of carbonyl (C=O) groups is 1. The van der Waals surface area contributed by atoms with Crippen LogP contribution in [0.2, 0.25) is 0 Å². The molecular weight excluding hydrogens is 412 g/mol. The fraction of sp³-hybridized carbons (Fsp3) is 0.304. The highest BCUT2D eigenvalue weighted by molar-refractivity contribution is 7.12. The van der Waals surface area contributed by atoms with Crippen LogP contribution in [0.3, 0.4) is 0 Å². The molecule has 2 aliphatic heterocycles. The first-order valence-electron chi connectivity index (χ1n) is 10.1. The molecule has 8 heteroatoms. The van der Waals surface area contributed by atoms with Crippen molar-refractivity contribution in [1.29, 1.82) is 0 Å². The highest BCUT2D eigenvalue weighted by atomic mass is 32.1. The number of hydrogen-bond acceptors (Lipinski definition) is 7. The van der Waals surface area contributed by atoms with Gasteiger partial charge in [0, 0.05) is 36.6 Å². The first kappa shape index (κ1) is 21.1. The summed E-state index contributed by atoms with van der Waals surface area (Å²) in [6, 6.07) is 13.7. The number of piperazine rings is 1. The Morgan fingerprint density at radius 1 is 1.19 bits per heavy atom. The van der Waals surface area contributed by atoms with Gasteiger partial charge in [-0.1, -0.05) is 30.0 Å². The van der Waals surface area contributed by atoms with E-state index in [0.717, 1.165) is 47.3 Å². The summed E-state index contributed by atoms with van der Waals surface area (Å²) in [6.45, 7) is 3.66. The molecule has 0 aliphatic carbocycles. The third kappa shape index (κ3) is 5.73. The second-order valence-electron chi connectivity index (χ2n) is 7.29. The molecule has 7 nitrogen and oxygen atoms in total. The van der Waals surface area contributed by atoms with E-state index in [1.165, 1.54) is 17.6 Å². The van der Waals surface area contributed by atoms with Gasteiger partial charge in [-0.25, -0.2) is 0 Å². The SMILES string of the molecule is O=C(O)CC1(OCc2ccc(C#Cc3ccccc3)s2)C=NC=C(N2CCNCC2)N1. The molecule has 2 aromatic rings. The molecule has 1 aromatic carbocycles. The average molecular weight is 437 g/mol. The summed E-state index contributed by atoms with van der Waals surface area (Å²) in [5.74, 6) is 6.14. The van der Waals surface area contributed by atoms with Crippen molar-refractivity contribution in [1.82, 2.24) is 15.5 Å². The second-order valence-corrected chi connectivity index (χ2v) is 8.45. The Labute approximate surface area is 185 Å². The number of rotatable bonds is 6. The number of benzene rings is 1. The monoisotopic (exact) mass is 436 g/mol. The molecule has 0 radical (unpaired) electrons. The first-order chi connectivity index (χ1) is 15.1. The van der Waals surface area contributed by atoms with Crippen molar-refractivity contribution in [2.24, 2.45) is 4.99 Å². The van der Waals surface area contributed by atoms with Crippen molar-refractivity contribution in [3.8, 4) is 11.8 Å². The number of nitrogens with one attached hydrogen (secondary N) is 2. The molecule has 3 N–H and O–H groups in total. The zero-order valence-electron chi connectivity index (χ0n) is 17.0. The van der Waals surface area contributed by atoms with Crippen LogP contribution in [0.4, 0.5) is 0 Å². The van der Waals surface area contributed by atoms with Crippen molar-refractivity contribution in [2.45, 2.75) is 18.8 Å². The second kappa shape index (κ2) is 9.79. The van der Waals surface area contributed by atoms with Crippen LogP contribution in [0.25, 0.3) is 0 Å². The number of ether oxygens (including phenoxy) is 1. The number of nitrogens with zero attached hydrogens (tertiary/aromatic N) is 2. The molecule has 0 spiro atoms. The lowest BCUT2D eigenvalue weighted by atomic mass is 10.1. The Morgan fingerprint density at radius 3 is 2.77 bits per heavy atom. The van der Waals surface area contributed by atoms with Gasteiger partial charge in [0.2, 0.25) is 0 Å². The van der Waals surface area contributed by atoms with Crippen LogP contribution < -0.4 is 10.6 Å². The highest BCUT2D eigenvalue weighted by Crippen LogP contribution is 2.23. The van der Waals surface area contributed by atoms with E-state index in [4.69, 9.17) is 4.74 Å².